The first-order chi connectivity index (χ1) is 13.8. The summed E-state index contributed by atoms with van der Waals surface area (Å²) < 4.78 is 16.1. The number of pyridine rings is 1. The molecular weight excluding hydrogens is 367 g/mol. The second-order valence-corrected chi connectivity index (χ2v) is 8.70. The number of nitrogens with one attached hydrogen (secondary N) is 1. The number of carbonyl (C=O) groups is 1. The Kier molecular flexibility index (Phi) is 5.03. The summed E-state index contributed by atoms with van der Waals surface area (Å²) in [6, 6.07) is 12.2. The molecule has 0 bridgehead atoms. The molecule has 0 atom stereocenters. The number of anilines is 1. The second-order valence-electron chi connectivity index (χ2n) is 8.70. The molecule has 3 heterocycles. The highest BCUT2D eigenvalue weighted by atomic mass is 19.1. The maximum Gasteiger partial charge on any atom is 0.256 e. The van der Waals surface area contributed by atoms with E-state index in [1.54, 1.807) is 23.1 Å². The molecule has 1 aliphatic heterocycles. The van der Waals surface area contributed by atoms with Gasteiger partial charge in [0.2, 0.25) is 0 Å². The van der Waals surface area contributed by atoms with E-state index in [0.717, 1.165) is 30.0 Å². The maximum absolute atomic E-state index is 14.0. The molecule has 3 aromatic rings. The number of halogens is 1. The first-order valence-corrected chi connectivity index (χ1v) is 10.1. The van der Waals surface area contributed by atoms with E-state index in [9.17, 15) is 9.18 Å². The summed E-state index contributed by atoms with van der Waals surface area (Å²) in [6.45, 7) is 7.60. The van der Waals surface area contributed by atoms with Crippen molar-refractivity contribution in [3.8, 4) is 0 Å². The van der Waals surface area contributed by atoms with E-state index in [1.165, 1.54) is 6.07 Å². The number of likely N-dealkylation sites (tertiary alicyclic amines) is 1. The van der Waals surface area contributed by atoms with Crippen LogP contribution >= 0.6 is 0 Å². The lowest BCUT2D eigenvalue weighted by atomic mass is 9.92. The Morgan fingerprint density at radius 1 is 1.10 bits per heavy atom. The van der Waals surface area contributed by atoms with Crippen molar-refractivity contribution in [2.24, 2.45) is 0 Å². The third-order valence-electron chi connectivity index (χ3n) is 5.32. The lowest BCUT2D eigenvalue weighted by Crippen LogP contribution is -2.38. The monoisotopic (exact) mass is 394 g/mol. The van der Waals surface area contributed by atoms with Crippen LogP contribution in [0.5, 0.6) is 0 Å². The molecule has 0 unspecified atom stereocenters. The van der Waals surface area contributed by atoms with Gasteiger partial charge in [0.1, 0.15) is 17.3 Å². The SMILES string of the molecule is CC(C)(C)Nc1c(C2CCN(C(=O)c3ccccc3F)CC2)nc2ccccn12. The van der Waals surface area contributed by atoms with Crippen LogP contribution in [0.15, 0.2) is 48.7 Å². The molecule has 0 saturated carbocycles. The van der Waals surface area contributed by atoms with Gasteiger partial charge in [-0.15, -0.1) is 0 Å². The number of fused-ring (bicyclic) bond motifs is 1. The number of hydrogen-bond acceptors (Lipinski definition) is 3. The minimum absolute atomic E-state index is 0.0952. The fourth-order valence-electron chi connectivity index (χ4n) is 3.94. The lowest BCUT2D eigenvalue weighted by Gasteiger charge is -2.32. The summed E-state index contributed by atoms with van der Waals surface area (Å²) in [7, 11) is 0. The highest BCUT2D eigenvalue weighted by Gasteiger charge is 2.30. The highest BCUT2D eigenvalue weighted by Crippen LogP contribution is 2.34. The number of rotatable bonds is 3. The normalized spacial score (nSPS) is 15.7. The van der Waals surface area contributed by atoms with Gasteiger partial charge in [-0.2, -0.15) is 0 Å². The first-order valence-electron chi connectivity index (χ1n) is 10.1. The molecule has 5 nitrogen and oxygen atoms in total. The van der Waals surface area contributed by atoms with Crippen LogP contribution in [0.1, 0.15) is 55.6 Å². The van der Waals surface area contributed by atoms with Crippen molar-refractivity contribution < 1.29 is 9.18 Å². The Balaban J connectivity index is 1.56. The van der Waals surface area contributed by atoms with Gasteiger partial charge in [0.15, 0.2) is 0 Å². The number of nitrogens with zero attached hydrogens (tertiary/aromatic N) is 3. The van der Waals surface area contributed by atoms with E-state index in [2.05, 4.69) is 30.5 Å². The number of amides is 1. The maximum atomic E-state index is 14.0. The van der Waals surface area contributed by atoms with Crippen LogP contribution in [0.25, 0.3) is 5.65 Å². The van der Waals surface area contributed by atoms with Gasteiger partial charge in [-0.3, -0.25) is 9.20 Å². The average Bonchev–Trinajstić information content (AvgIpc) is 3.05. The number of carbonyl (C=O) groups excluding carboxylic acids is 1. The van der Waals surface area contributed by atoms with Gasteiger partial charge in [-0.25, -0.2) is 9.37 Å². The highest BCUT2D eigenvalue weighted by molar-refractivity contribution is 5.94. The quantitative estimate of drug-likeness (QED) is 0.700. The molecule has 29 heavy (non-hydrogen) atoms. The minimum atomic E-state index is -0.461. The molecule has 2 aromatic heterocycles. The zero-order valence-electron chi connectivity index (χ0n) is 17.2. The second kappa shape index (κ2) is 7.50. The minimum Gasteiger partial charge on any atom is -0.365 e. The number of benzene rings is 1. The predicted octanol–water partition coefficient (Wildman–Crippen LogP) is 4.70. The van der Waals surface area contributed by atoms with Crippen molar-refractivity contribution in [1.82, 2.24) is 14.3 Å². The van der Waals surface area contributed by atoms with Gasteiger partial charge < -0.3 is 10.2 Å². The molecule has 1 saturated heterocycles. The molecule has 0 spiro atoms. The van der Waals surface area contributed by atoms with Crippen molar-refractivity contribution in [2.75, 3.05) is 18.4 Å². The molecular formula is C23H27FN4O. The van der Waals surface area contributed by atoms with Crippen LogP contribution in [0.3, 0.4) is 0 Å². The van der Waals surface area contributed by atoms with Gasteiger partial charge in [0.05, 0.1) is 11.3 Å². The van der Waals surface area contributed by atoms with Crippen molar-refractivity contribution in [2.45, 2.75) is 45.1 Å². The lowest BCUT2D eigenvalue weighted by molar-refractivity contribution is 0.0707. The fraction of sp³-hybridized carbons (Fsp3) is 0.391. The Morgan fingerprint density at radius 2 is 1.79 bits per heavy atom. The van der Waals surface area contributed by atoms with E-state index < -0.39 is 5.82 Å². The molecule has 6 heteroatoms. The molecule has 0 aliphatic carbocycles. The van der Waals surface area contributed by atoms with E-state index in [1.807, 2.05) is 24.4 Å². The van der Waals surface area contributed by atoms with Gasteiger partial charge in [-0.05, 0) is 57.9 Å². The van der Waals surface area contributed by atoms with Gasteiger partial charge in [0, 0.05) is 30.7 Å². The summed E-state index contributed by atoms with van der Waals surface area (Å²) in [4.78, 5) is 19.4. The van der Waals surface area contributed by atoms with Crippen LogP contribution in [0.4, 0.5) is 10.2 Å². The summed E-state index contributed by atoms with van der Waals surface area (Å²) in [5, 5.41) is 3.61. The topological polar surface area (TPSA) is 49.6 Å². The van der Waals surface area contributed by atoms with Gasteiger partial charge >= 0.3 is 0 Å². The van der Waals surface area contributed by atoms with E-state index in [0.29, 0.717) is 13.1 Å². The van der Waals surface area contributed by atoms with Crippen LogP contribution in [0, 0.1) is 5.82 Å². The van der Waals surface area contributed by atoms with Gasteiger partial charge in [0.25, 0.3) is 5.91 Å². The Labute approximate surface area is 170 Å². The zero-order valence-corrected chi connectivity index (χ0v) is 17.2. The molecule has 152 valence electrons. The van der Waals surface area contributed by atoms with E-state index >= 15 is 0 Å². The Hall–Kier alpha value is -2.89. The number of aromatic nitrogens is 2. The van der Waals surface area contributed by atoms with Crippen LogP contribution in [-0.2, 0) is 0 Å². The summed E-state index contributed by atoms with van der Waals surface area (Å²) >= 11 is 0. The van der Waals surface area contributed by atoms with Crippen LogP contribution in [-0.4, -0.2) is 38.8 Å². The predicted molar refractivity (Wildman–Crippen MR) is 113 cm³/mol. The Bertz CT molecular complexity index is 1030. The Morgan fingerprint density at radius 3 is 2.48 bits per heavy atom. The molecule has 0 radical (unpaired) electrons. The van der Waals surface area contributed by atoms with Crippen molar-refractivity contribution in [3.05, 3.63) is 65.7 Å². The van der Waals surface area contributed by atoms with Crippen LogP contribution < -0.4 is 5.32 Å². The fourth-order valence-corrected chi connectivity index (χ4v) is 3.94. The molecule has 1 aromatic carbocycles. The van der Waals surface area contributed by atoms with Gasteiger partial charge in [-0.1, -0.05) is 18.2 Å². The molecule has 1 amide bonds. The van der Waals surface area contributed by atoms with Crippen molar-refractivity contribution in [1.29, 1.82) is 0 Å². The smallest absolute Gasteiger partial charge is 0.256 e. The van der Waals surface area contributed by atoms with E-state index in [4.69, 9.17) is 4.98 Å². The third-order valence-corrected chi connectivity index (χ3v) is 5.32. The number of hydrogen-bond donors (Lipinski definition) is 1. The summed E-state index contributed by atoms with van der Waals surface area (Å²) in [5.74, 6) is 0.581. The number of piperidine rings is 1. The summed E-state index contributed by atoms with van der Waals surface area (Å²) in [6.07, 6.45) is 3.64. The number of imidazole rings is 1. The summed E-state index contributed by atoms with van der Waals surface area (Å²) in [5.41, 5.74) is 2.01. The largest absolute Gasteiger partial charge is 0.365 e. The molecule has 4 rings (SSSR count). The third kappa shape index (κ3) is 3.97. The molecule has 1 N–H and O–H groups in total. The van der Waals surface area contributed by atoms with E-state index in [-0.39, 0.29) is 22.9 Å². The standard InChI is InChI=1S/C23H27FN4O/c1-23(2,3)26-21-20(25-19-10-6-7-13-28(19)21)16-11-14-27(15-12-16)22(29)17-8-4-5-9-18(17)24/h4-10,13,16,26H,11-12,14-15H2,1-3H3. The average molecular weight is 394 g/mol. The van der Waals surface area contributed by atoms with Crippen LogP contribution in [0.2, 0.25) is 0 Å². The van der Waals surface area contributed by atoms with Crippen molar-refractivity contribution >= 4 is 17.4 Å². The molecule has 1 aliphatic rings. The molecule has 1 fully saturated rings. The first kappa shape index (κ1) is 19.4. The van der Waals surface area contributed by atoms with Crippen molar-refractivity contribution in [3.63, 3.8) is 0 Å². The zero-order chi connectivity index (χ0) is 20.6.